The molecule has 31 heavy (non-hydrogen) atoms. The highest BCUT2D eigenvalue weighted by atomic mass is 35.5. The second-order valence-corrected chi connectivity index (χ2v) is 9.30. The van der Waals surface area contributed by atoms with Crippen molar-refractivity contribution in [3.63, 3.8) is 0 Å². The normalized spacial score (nSPS) is 25.3. The maximum atomic E-state index is 13.1. The summed E-state index contributed by atoms with van der Waals surface area (Å²) < 4.78 is 6.31. The maximum absolute atomic E-state index is 13.1. The third-order valence-electron chi connectivity index (χ3n) is 6.54. The second kappa shape index (κ2) is 7.75. The minimum Gasteiger partial charge on any atom is -0.467 e. The highest BCUT2D eigenvalue weighted by molar-refractivity contribution is 6.30. The van der Waals surface area contributed by atoms with Crippen LogP contribution in [0.4, 0.5) is 10.5 Å². The van der Waals surface area contributed by atoms with Crippen LogP contribution in [0.1, 0.15) is 67.4 Å². The van der Waals surface area contributed by atoms with E-state index in [4.69, 9.17) is 16.3 Å². The van der Waals surface area contributed by atoms with Gasteiger partial charge in [-0.3, -0.25) is 9.69 Å². The Morgan fingerprint density at radius 3 is 2.81 bits per heavy atom. The SMILES string of the molecule is CC12CC(NC(=O)N1c1cccc(C(=O)NC3CCCCC3)c1)c1cc(Cl)ccc1O2. The molecule has 2 fully saturated rings. The summed E-state index contributed by atoms with van der Waals surface area (Å²) in [7, 11) is 0. The van der Waals surface area contributed by atoms with Crippen LogP contribution in [0.2, 0.25) is 5.02 Å². The average molecular weight is 440 g/mol. The van der Waals surface area contributed by atoms with Gasteiger partial charge in [-0.2, -0.15) is 0 Å². The Bertz CT molecular complexity index is 1040. The number of urea groups is 1. The molecule has 2 N–H and O–H groups in total. The lowest BCUT2D eigenvalue weighted by Gasteiger charge is -2.50. The monoisotopic (exact) mass is 439 g/mol. The minimum absolute atomic E-state index is 0.0984. The van der Waals surface area contributed by atoms with Crippen LogP contribution < -0.4 is 20.3 Å². The smallest absolute Gasteiger partial charge is 0.325 e. The summed E-state index contributed by atoms with van der Waals surface area (Å²) in [5.41, 5.74) is 1.20. The van der Waals surface area contributed by atoms with Gasteiger partial charge in [-0.25, -0.2) is 4.79 Å². The van der Waals surface area contributed by atoms with Crippen molar-refractivity contribution < 1.29 is 14.3 Å². The fourth-order valence-corrected chi connectivity index (χ4v) is 5.22. The molecule has 1 saturated heterocycles. The third-order valence-corrected chi connectivity index (χ3v) is 6.78. The van der Waals surface area contributed by atoms with Crippen molar-refractivity contribution in [3.05, 3.63) is 58.6 Å². The number of carbonyl (C=O) groups is 2. The number of nitrogens with one attached hydrogen (secondary N) is 2. The highest BCUT2D eigenvalue weighted by Crippen LogP contribution is 2.46. The molecule has 0 radical (unpaired) electrons. The Labute approximate surface area is 186 Å². The first-order valence-corrected chi connectivity index (χ1v) is 11.3. The summed E-state index contributed by atoms with van der Waals surface area (Å²) in [5, 5.41) is 6.82. The number of rotatable bonds is 3. The fraction of sp³-hybridized carbons (Fsp3) is 0.417. The van der Waals surface area contributed by atoms with Crippen LogP contribution in [0, 0.1) is 0 Å². The van der Waals surface area contributed by atoms with Crippen molar-refractivity contribution in [2.24, 2.45) is 0 Å². The van der Waals surface area contributed by atoms with Gasteiger partial charge in [-0.05, 0) is 56.2 Å². The lowest BCUT2D eigenvalue weighted by Crippen LogP contribution is -2.65. The van der Waals surface area contributed by atoms with Crippen molar-refractivity contribution in [1.29, 1.82) is 0 Å². The first kappa shape index (κ1) is 20.2. The number of anilines is 1. The molecule has 2 unspecified atom stereocenters. The number of nitrogens with zero attached hydrogens (tertiary/aromatic N) is 1. The van der Waals surface area contributed by atoms with E-state index in [-0.39, 0.29) is 24.0 Å². The molecule has 7 heteroatoms. The van der Waals surface area contributed by atoms with Gasteiger partial charge >= 0.3 is 6.03 Å². The number of ether oxygens (including phenoxy) is 1. The van der Waals surface area contributed by atoms with E-state index < -0.39 is 5.72 Å². The van der Waals surface area contributed by atoms with E-state index in [1.807, 2.05) is 31.2 Å². The van der Waals surface area contributed by atoms with Gasteiger partial charge < -0.3 is 15.4 Å². The van der Waals surface area contributed by atoms with Gasteiger partial charge in [0.2, 0.25) is 0 Å². The van der Waals surface area contributed by atoms with E-state index in [1.54, 1.807) is 23.1 Å². The quantitative estimate of drug-likeness (QED) is 0.692. The van der Waals surface area contributed by atoms with E-state index >= 15 is 0 Å². The first-order valence-electron chi connectivity index (χ1n) is 10.9. The van der Waals surface area contributed by atoms with Crippen molar-refractivity contribution >= 4 is 29.2 Å². The van der Waals surface area contributed by atoms with Gasteiger partial charge in [0.1, 0.15) is 5.75 Å². The Kier molecular flexibility index (Phi) is 5.05. The molecular weight excluding hydrogens is 414 g/mol. The van der Waals surface area contributed by atoms with Crippen LogP contribution in [-0.2, 0) is 0 Å². The molecule has 2 atom stereocenters. The van der Waals surface area contributed by atoms with Gasteiger partial charge in [0.15, 0.2) is 5.72 Å². The molecule has 0 spiro atoms. The zero-order valence-corrected chi connectivity index (χ0v) is 18.2. The fourth-order valence-electron chi connectivity index (χ4n) is 5.04. The van der Waals surface area contributed by atoms with Crippen LogP contribution in [0.5, 0.6) is 5.75 Å². The van der Waals surface area contributed by atoms with Crippen LogP contribution in [0.15, 0.2) is 42.5 Å². The van der Waals surface area contributed by atoms with Crippen LogP contribution in [0.25, 0.3) is 0 Å². The molecule has 0 aromatic heterocycles. The zero-order chi connectivity index (χ0) is 21.6. The lowest BCUT2D eigenvalue weighted by atomic mass is 9.90. The Morgan fingerprint density at radius 2 is 2.00 bits per heavy atom. The number of halogens is 1. The van der Waals surface area contributed by atoms with Crippen LogP contribution in [0.3, 0.4) is 0 Å². The summed E-state index contributed by atoms with van der Waals surface area (Å²) in [6.07, 6.45) is 6.17. The Balaban J connectivity index is 1.42. The molecular formula is C24H26ClN3O3. The zero-order valence-electron chi connectivity index (χ0n) is 17.5. The van der Waals surface area contributed by atoms with Gasteiger partial charge in [0, 0.05) is 28.6 Å². The molecule has 1 saturated carbocycles. The lowest BCUT2D eigenvalue weighted by molar-refractivity contribution is 0.0378. The van der Waals surface area contributed by atoms with E-state index in [1.165, 1.54) is 6.42 Å². The highest BCUT2D eigenvalue weighted by Gasteiger charge is 2.50. The van der Waals surface area contributed by atoms with Crippen LogP contribution >= 0.6 is 11.6 Å². The maximum Gasteiger partial charge on any atom is 0.325 e. The van der Waals surface area contributed by atoms with E-state index in [0.717, 1.165) is 31.2 Å². The average Bonchev–Trinajstić information content (AvgIpc) is 2.75. The summed E-state index contributed by atoms with van der Waals surface area (Å²) in [5.74, 6) is 0.609. The Morgan fingerprint density at radius 1 is 1.19 bits per heavy atom. The third kappa shape index (κ3) is 3.74. The molecule has 2 aliphatic heterocycles. The molecule has 3 aliphatic rings. The van der Waals surface area contributed by atoms with E-state index in [9.17, 15) is 9.59 Å². The molecule has 2 aromatic rings. The topological polar surface area (TPSA) is 70.7 Å². The first-order chi connectivity index (χ1) is 14.9. The molecule has 3 amide bonds. The largest absolute Gasteiger partial charge is 0.467 e. The van der Waals surface area contributed by atoms with Gasteiger partial charge in [-0.1, -0.05) is 36.9 Å². The summed E-state index contributed by atoms with van der Waals surface area (Å²) in [6, 6.07) is 12.5. The minimum atomic E-state index is -0.869. The Hall–Kier alpha value is -2.73. The van der Waals surface area contributed by atoms with Crippen molar-refractivity contribution in [1.82, 2.24) is 10.6 Å². The summed E-state index contributed by atoms with van der Waals surface area (Å²) in [4.78, 5) is 27.6. The summed E-state index contributed by atoms with van der Waals surface area (Å²) in [6.45, 7) is 1.91. The molecule has 2 bridgehead atoms. The molecule has 2 aromatic carbocycles. The number of carbonyl (C=O) groups excluding carboxylic acids is 2. The summed E-state index contributed by atoms with van der Waals surface area (Å²) >= 11 is 6.15. The van der Waals surface area contributed by atoms with Gasteiger partial charge in [-0.15, -0.1) is 0 Å². The molecule has 1 aliphatic carbocycles. The number of hydrogen-bond acceptors (Lipinski definition) is 3. The van der Waals surface area contributed by atoms with Gasteiger partial charge in [0.25, 0.3) is 5.91 Å². The number of benzene rings is 2. The molecule has 2 heterocycles. The molecule has 6 nitrogen and oxygen atoms in total. The van der Waals surface area contributed by atoms with Crippen molar-refractivity contribution in [2.45, 2.75) is 63.3 Å². The van der Waals surface area contributed by atoms with Crippen LogP contribution in [-0.4, -0.2) is 23.7 Å². The van der Waals surface area contributed by atoms with Crippen molar-refractivity contribution in [3.8, 4) is 5.75 Å². The number of hydrogen-bond donors (Lipinski definition) is 2. The molecule has 5 rings (SSSR count). The van der Waals surface area contributed by atoms with Gasteiger partial charge in [0.05, 0.1) is 11.7 Å². The standard InChI is InChI=1S/C24H26ClN3O3/c1-24-14-20(19-13-16(25)10-11-21(19)31-24)27-23(30)28(24)18-9-5-6-15(12-18)22(29)26-17-7-3-2-4-8-17/h5-6,9-13,17,20H,2-4,7-8,14H2,1H3,(H,26,29)(H,27,30). The van der Waals surface area contributed by atoms with E-state index in [0.29, 0.717) is 28.4 Å². The number of fused-ring (bicyclic) bond motifs is 4. The number of amides is 3. The molecule has 162 valence electrons. The predicted molar refractivity (Wildman–Crippen MR) is 120 cm³/mol. The van der Waals surface area contributed by atoms with Crippen molar-refractivity contribution in [2.75, 3.05) is 4.90 Å². The predicted octanol–water partition coefficient (Wildman–Crippen LogP) is 5.17. The van der Waals surface area contributed by atoms with E-state index in [2.05, 4.69) is 10.6 Å². The second-order valence-electron chi connectivity index (χ2n) is 8.86.